The molecule has 2 amide bonds. The van der Waals surface area contributed by atoms with Crippen molar-refractivity contribution in [3.05, 3.63) is 76.3 Å². The molecule has 0 N–H and O–H groups in total. The predicted molar refractivity (Wildman–Crippen MR) is 167 cm³/mol. The van der Waals surface area contributed by atoms with Crippen LogP contribution in [0.3, 0.4) is 0 Å². The highest BCUT2D eigenvalue weighted by Crippen LogP contribution is 2.39. The molecule has 3 aromatic carbocycles. The molecule has 5 rings (SSSR count). The van der Waals surface area contributed by atoms with Crippen molar-refractivity contribution in [1.82, 2.24) is 9.80 Å². The van der Waals surface area contributed by atoms with E-state index in [1.165, 1.54) is 11.0 Å². The van der Waals surface area contributed by atoms with E-state index in [0.29, 0.717) is 36.2 Å². The van der Waals surface area contributed by atoms with Gasteiger partial charge in [0.25, 0.3) is 5.91 Å². The first-order valence-corrected chi connectivity index (χ1v) is 16.4. The summed E-state index contributed by atoms with van der Waals surface area (Å²) in [7, 11) is -1.56. The summed E-state index contributed by atoms with van der Waals surface area (Å²) in [5.41, 5.74) is 3.07. The summed E-state index contributed by atoms with van der Waals surface area (Å²) in [6.45, 7) is 4.48. The molecule has 2 heterocycles. The second-order valence-electron chi connectivity index (χ2n) is 10.5. The van der Waals surface area contributed by atoms with Gasteiger partial charge in [-0.2, -0.15) is 0 Å². The van der Waals surface area contributed by atoms with Crippen LogP contribution < -0.4 is 9.64 Å². The lowest BCUT2D eigenvalue weighted by Crippen LogP contribution is -2.48. The summed E-state index contributed by atoms with van der Waals surface area (Å²) in [4.78, 5) is 32.3. The monoisotopic (exact) mass is 645 g/mol. The topological polar surface area (TPSA) is 96.5 Å². The zero-order valence-electron chi connectivity index (χ0n) is 24.0. The van der Waals surface area contributed by atoms with Crippen molar-refractivity contribution in [2.24, 2.45) is 0 Å². The minimum atomic E-state index is -3.30. The van der Waals surface area contributed by atoms with Gasteiger partial charge in [-0.3, -0.25) is 19.4 Å². The van der Waals surface area contributed by atoms with Crippen molar-refractivity contribution in [3.8, 4) is 16.9 Å². The van der Waals surface area contributed by atoms with Crippen molar-refractivity contribution >= 4 is 50.5 Å². The molecule has 2 aliphatic heterocycles. The summed E-state index contributed by atoms with van der Waals surface area (Å²) in [6.07, 6.45) is 0. The summed E-state index contributed by atoms with van der Waals surface area (Å²) < 4.78 is 35.6. The van der Waals surface area contributed by atoms with Gasteiger partial charge in [0.05, 0.1) is 45.6 Å². The number of anilines is 1. The fourth-order valence-corrected chi connectivity index (χ4v) is 6.41. The van der Waals surface area contributed by atoms with Crippen molar-refractivity contribution in [3.63, 3.8) is 0 Å². The lowest BCUT2D eigenvalue weighted by Gasteiger charge is -2.37. The Labute approximate surface area is 261 Å². The predicted octanol–water partition coefficient (Wildman–Crippen LogP) is 4.71. The van der Waals surface area contributed by atoms with Crippen LogP contribution in [0.4, 0.5) is 5.69 Å². The van der Waals surface area contributed by atoms with E-state index in [9.17, 15) is 18.0 Å². The van der Waals surface area contributed by atoms with Crippen LogP contribution in [0, 0.1) is 0 Å². The zero-order valence-corrected chi connectivity index (χ0v) is 26.3. The zero-order chi connectivity index (χ0) is 30.7. The van der Waals surface area contributed by atoms with E-state index >= 15 is 0 Å². The number of rotatable bonds is 9. The number of halogens is 2. The van der Waals surface area contributed by atoms with E-state index in [0.717, 1.165) is 29.8 Å². The molecule has 9 nitrogen and oxygen atoms in total. The maximum absolute atomic E-state index is 13.8. The number of sulfone groups is 1. The molecule has 0 spiro atoms. The summed E-state index contributed by atoms with van der Waals surface area (Å²) >= 11 is 12.4. The molecule has 12 heteroatoms. The van der Waals surface area contributed by atoms with Crippen molar-refractivity contribution < 1.29 is 27.5 Å². The maximum atomic E-state index is 13.8. The van der Waals surface area contributed by atoms with E-state index in [4.69, 9.17) is 32.7 Å². The van der Waals surface area contributed by atoms with Crippen LogP contribution in [-0.4, -0.2) is 88.8 Å². The molecule has 0 saturated carbocycles. The highest BCUT2D eigenvalue weighted by molar-refractivity contribution is 7.91. The molecular weight excluding hydrogens is 613 g/mol. The minimum absolute atomic E-state index is 0.0356. The quantitative estimate of drug-likeness (QED) is 0.332. The number of hydrogen-bond acceptors (Lipinski definition) is 7. The molecule has 1 unspecified atom stereocenters. The van der Waals surface area contributed by atoms with Crippen LogP contribution in [0.2, 0.25) is 10.0 Å². The first-order valence-electron chi connectivity index (χ1n) is 14.0. The fourth-order valence-electron chi connectivity index (χ4n) is 5.22. The normalized spacial score (nSPS) is 16.4. The third-order valence-electron chi connectivity index (χ3n) is 7.83. The number of carbonyl (C=O) groups is 2. The Morgan fingerprint density at radius 1 is 1.00 bits per heavy atom. The fraction of sp³-hybridized carbons (Fsp3) is 0.355. The summed E-state index contributed by atoms with van der Waals surface area (Å²) in [6, 6.07) is 17.5. The van der Waals surface area contributed by atoms with Gasteiger partial charge < -0.3 is 14.4 Å². The molecular formula is C31H33Cl2N3O6S. The second-order valence-corrected chi connectivity index (χ2v) is 13.6. The smallest absolute Gasteiger partial charge is 0.265 e. The molecule has 3 aromatic rings. The molecule has 43 heavy (non-hydrogen) atoms. The van der Waals surface area contributed by atoms with Gasteiger partial charge in [0, 0.05) is 32.7 Å². The van der Waals surface area contributed by atoms with Gasteiger partial charge >= 0.3 is 0 Å². The Morgan fingerprint density at radius 2 is 1.70 bits per heavy atom. The maximum Gasteiger partial charge on any atom is 0.265 e. The van der Waals surface area contributed by atoms with E-state index in [2.05, 4.69) is 4.90 Å². The van der Waals surface area contributed by atoms with Gasteiger partial charge in [0.2, 0.25) is 5.91 Å². The van der Waals surface area contributed by atoms with Crippen molar-refractivity contribution in [2.45, 2.75) is 17.9 Å². The number of amides is 2. The van der Waals surface area contributed by atoms with Gasteiger partial charge in [-0.15, -0.1) is 0 Å². The van der Waals surface area contributed by atoms with Crippen molar-refractivity contribution in [2.75, 3.05) is 63.7 Å². The number of carbonyl (C=O) groups excluding carboxylic acids is 2. The van der Waals surface area contributed by atoms with Gasteiger partial charge in [-0.25, -0.2) is 8.42 Å². The SMILES string of the molecule is CCS(=O)(=O)c1ccc(-c2cccc(C(CN3CCOCC3)N(C)C(=O)CN3C(=O)COc4cc(Cl)c(Cl)cc43)c2)cc1. The second kappa shape index (κ2) is 13.2. The summed E-state index contributed by atoms with van der Waals surface area (Å²) in [5.74, 6) is -0.189. The average Bonchev–Trinajstić information content (AvgIpc) is 3.02. The Balaban J connectivity index is 1.43. The highest BCUT2D eigenvalue weighted by atomic mass is 35.5. The molecule has 2 aliphatic rings. The molecule has 0 aromatic heterocycles. The lowest BCUT2D eigenvalue weighted by molar-refractivity contribution is -0.133. The van der Waals surface area contributed by atoms with E-state index < -0.39 is 9.84 Å². The van der Waals surface area contributed by atoms with Gasteiger partial charge in [0.15, 0.2) is 16.4 Å². The third-order valence-corrected chi connectivity index (χ3v) is 10.3. The van der Waals surface area contributed by atoms with Gasteiger partial charge in [0.1, 0.15) is 12.3 Å². The number of likely N-dealkylation sites (N-methyl/N-ethyl adjacent to an activating group) is 1. The first kappa shape index (κ1) is 31.3. The van der Waals surface area contributed by atoms with Crippen LogP contribution in [0.15, 0.2) is 65.6 Å². The Kier molecular flexibility index (Phi) is 9.63. The summed E-state index contributed by atoms with van der Waals surface area (Å²) in [5, 5.41) is 0.553. The average molecular weight is 647 g/mol. The Hall–Kier alpha value is -3.15. The molecule has 0 radical (unpaired) electrons. The number of fused-ring (bicyclic) bond motifs is 1. The van der Waals surface area contributed by atoms with Crippen LogP contribution in [0.25, 0.3) is 11.1 Å². The molecule has 228 valence electrons. The number of ether oxygens (including phenoxy) is 2. The van der Waals surface area contributed by atoms with Crippen LogP contribution in [0.5, 0.6) is 5.75 Å². The number of benzene rings is 3. The standard InChI is InChI=1S/C31H33Cl2N3O6S/c1-3-43(39,40)24-9-7-21(8-10-24)22-5-4-6-23(15-22)28(18-35-11-13-41-14-12-35)34(2)30(37)19-36-27-16-25(32)26(33)17-29(27)42-20-31(36)38/h4-10,15-17,28H,3,11-14,18-20H2,1-2H3. The van der Waals surface area contributed by atoms with E-state index in [1.807, 2.05) is 24.3 Å². The lowest BCUT2D eigenvalue weighted by atomic mass is 9.98. The molecule has 1 atom stereocenters. The van der Waals surface area contributed by atoms with Crippen LogP contribution >= 0.6 is 23.2 Å². The molecule has 0 aliphatic carbocycles. The first-order chi connectivity index (χ1) is 20.6. The van der Waals surface area contributed by atoms with E-state index in [1.54, 1.807) is 49.2 Å². The third kappa shape index (κ3) is 6.99. The number of morpholine rings is 1. The van der Waals surface area contributed by atoms with E-state index in [-0.39, 0.29) is 46.7 Å². The van der Waals surface area contributed by atoms with Crippen LogP contribution in [0.1, 0.15) is 18.5 Å². The number of hydrogen-bond donors (Lipinski definition) is 0. The van der Waals surface area contributed by atoms with Gasteiger partial charge in [-0.1, -0.05) is 60.5 Å². The van der Waals surface area contributed by atoms with Crippen molar-refractivity contribution in [1.29, 1.82) is 0 Å². The Morgan fingerprint density at radius 3 is 2.40 bits per heavy atom. The van der Waals surface area contributed by atoms with Crippen LogP contribution in [-0.2, 0) is 24.2 Å². The highest BCUT2D eigenvalue weighted by Gasteiger charge is 2.32. The molecule has 0 bridgehead atoms. The minimum Gasteiger partial charge on any atom is -0.482 e. The Bertz CT molecular complexity index is 1610. The largest absolute Gasteiger partial charge is 0.482 e. The number of nitrogens with zero attached hydrogens (tertiary/aromatic N) is 3. The van der Waals surface area contributed by atoms with Gasteiger partial charge in [-0.05, 0) is 41.0 Å². The molecule has 1 fully saturated rings. The molecule has 1 saturated heterocycles.